The van der Waals surface area contributed by atoms with Crippen molar-refractivity contribution in [3.8, 4) is 17.3 Å². The molecule has 1 saturated heterocycles. The van der Waals surface area contributed by atoms with Crippen molar-refractivity contribution in [2.75, 3.05) is 13.1 Å². The minimum Gasteiger partial charge on any atom is -0.297 e. The van der Waals surface area contributed by atoms with E-state index in [2.05, 4.69) is 47.1 Å². The number of rotatable bonds is 3. The van der Waals surface area contributed by atoms with E-state index in [4.69, 9.17) is 5.26 Å². The lowest BCUT2D eigenvalue weighted by molar-refractivity contribution is 0.263. The third-order valence-electron chi connectivity index (χ3n) is 4.24. The summed E-state index contributed by atoms with van der Waals surface area (Å²) in [6.45, 7) is 4.68. The van der Waals surface area contributed by atoms with Gasteiger partial charge in [0.25, 0.3) is 0 Å². The lowest BCUT2D eigenvalue weighted by atomic mass is 10.0. The summed E-state index contributed by atoms with van der Waals surface area (Å²) in [7, 11) is 0. The van der Waals surface area contributed by atoms with Gasteiger partial charge in [-0.25, -0.2) is 4.98 Å². The fourth-order valence-corrected chi connectivity index (χ4v) is 2.93. The lowest BCUT2D eigenvalue weighted by Crippen LogP contribution is -2.23. The van der Waals surface area contributed by atoms with E-state index in [1.54, 1.807) is 6.07 Å². The molecule has 3 nitrogen and oxygen atoms in total. The monoisotopic (exact) mass is 277 g/mol. The van der Waals surface area contributed by atoms with Gasteiger partial charge in [-0.05, 0) is 50.6 Å². The Morgan fingerprint density at radius 3 is 2.48 bits per heavy atom. The largest absolute Gasteiger partial charge is 0.297 e. The van der Waals surface area contributed by atoms with Gasteiger partial charge in [0.15, 0.2) is 0 Å². The molecular formula is C18H19N3. The highest BCUT2D eigenvalue weighted by molar-refractivity contribution is 5.60. The molecular weight excluding hydrogens is 258 g/mol. The van der Waals surface area contributed by atoms with E-state index < -0.39 is 0 Å². The van der Waals surface area contributed by atoms with Gasteiger partial charge < -0.3 is 0 Å². The van der Waals surface area contributed by atoms with Crippen LogP contribution in [0.3, 0.4) is 0 Å². The SMILES string of the molecule is C[C@H](c1ccc(-c2cccc(C#N)n2)cc1)N1CCCC1. The Kier molecular flexibility index (Phi) is 3.98. The van der Waals surface area contributed by atoms with Crippen molar-refractivity contribution in [2.45, 2.75) is 25.8 Å². The normalized spacial score (nSPS) is 16.6. The summed E-state index contributed by atoms with van der Waals surface area (Å²) in [5.41, 5.74) is 3.72. The number of pyridine rings is 1. The maximum absolute atomic E-state index is 8.93. The molecule has 1 fully saturated rings. The molecule has 0 unspecified atom stereocenters. The van der Waals surface area contributed by atoms with Crippen molar-refractivity contribution in [3.63, 3.8) is 0 Å². The molecule has 3 rings (SSSR count). The van der Waals surface area contributed by atoms with E-state index in [-0.39, 0.29) is 0 Å². The molecule has 106 valence electrons. The molecule has 2 heterocycles. The molecule has 1 aliphatic rings. The van der Waals surface area contributed by atoms with Crippen LogP contribution in [0.5, 0.6) is 0 Å². The van der Waals surface area contributed by atoms with E-state index >= 15 is 0 Å². The van der Waals surface area contributed by atoms with Crippen molar-refractivity contribution in [1.29, 1.82) is 5.26 Å². The van der Waals surface area contributed by atoms with Crippen molar-refractivity contribution >= 4 is 0 Å². The Morgan fingerprint density at radius 1 is 1.10 bits per heavy atom. The zero-order valence-electron chi connectivity index (χ0n) is 12.3. The van der Waals surface area contributed by atoms with Gasteiger partial charge in [-0.15, -0.1) is 0 Å². The van der Waals surface area contributed by atoms with E-state index in [1.165, 1.54) is 31.5 Å². The third kappa shape index (κ3) is 2.96. The van der Waals surface area contributed by atoms with Gasteiger partial charge >= 0.3 is 0 Å². The molecule has 1 atom stereocenters. The summed E-state index contributed by atoms with van der Waals surface area (Å²) < 4.78 is 0. The van der Waals surface area contributed by atoms with Crippen LogP contribution < -0.4 is 0 Å². The van der Waals surface area contributed by atoms with Crippen LogP contribution in [-0.4, -0.2) is 23.0 Å². The number of likely N-dealkylation sites (tertiary alicyclic amines) is 1. The molecule has 0 amide bonds. The number of aromatic nitrogens is 1. The predicted molar refractivity (Wildman–Crippen MR) is 83.6 cm³/mol. The quantitative estimate of drug-likeness (QED) is 0.857. The van der Waals surface area contributed by atoms with Crippen molar-refractivity contribution in [3.05, 3.63) is 53.7 Å². The number of nitriles is 1. The first kappa shape index (κ1) is 13.8. The number of hydrogen-bond donors (Lipinski definition) is 0. The van der Waals surface area contributed by atoms with Crippen LogP contribution in [0.1, 0.15) is 37.1 Å². The summed E-state index contributed by atoms with van der Waals surface area (Å²) in [6.07, 6.45) is 2.63. The number of nitrogens with zero attached hydrogens (tertiary/aromatic N) is 3. The number of benzene rings is 1. The standard InChI is InChI=1S/C18H19N3/c1-14(21-11-2-3-12-21)15-7-9-16(10-8-15)18-6-4-5-17(13-19)20-18/h4-10,14H,2-3,11-12H2,1H3/t14-/m1/s1. The van der Waals surface area contributed by atoms with Gasteiger partial charge in [0, 0.05) is 11.6 Å². The highest BCUT2D eigenvalue weighted by Crippen LogP contribution is 2.26. The van der Waals surface area contributed by atoms with E-state index in [1.807, 2.05) is 12.1 Å². The fraction of sp³-hybridized carbons (Fsp3) is 0.333. The fourth-order valence-electron chi connectivity index (χ4n) is 2.93. The molecule has 0 radical (unpaired) electrons. The Morgan fingerprint density at radius 2 is 1.81 bits per heavy atom. The highest BCUT2D eigenvalue weighted by Gasteiger charge is 2.19. The summed E-state index contributed by atoms with van der Waals surface area (Å²) in [5, 5.41) is 8.93. The van der Waals surface area contributed by atoms with Gasteiger partial charge in [0.2, 0.25) is 0 Å². The Balaban J connectivity index is 1.81. The molecule has 0 N–H and O–H groups in total. The van der Waals surface area contributed by atoms with E-state index in [0.717, 1.165) is 11.3 Å². The molecule has 0 saturated carbocycles. The maximum atomic E-state index is 8.93. The minimum absolute atomic E-state index is 0.460. The molecule has 0 bridgehead atoms. The summed E-state index contributed by atoms with van der Waals surface area (Å²) in [5.74, 6) is 0. The Labute approximate surface area is 125 Å². The van der Waals surface area contributed by atoms with Crippen molar-refractivity contribution < 1.29 is 0 Å². The van der Waals surface area contributed by atoms with Crippen LogP contribution in [0.4, 0.5) is 0 Å². The zero-order valence-corrected chi connectivity index (χ0v) is 12.3. The smallest absolute Gasteiger partial charge is 0.141 e. The molecule has 2 aromatic rings. The van der Waals surface area contributed by atoms with Gasteiger partial charge in [-0.3, -0.25) is 4.90 Å². The average molecular weight is 277 g/mol. The number of hydrogen-bond acceptors (Lipinski definition) is 3. The highest BCUT2D eigenvalue weighted by atomic mass is 15.2. The van der Waals surface area contributed by atoms with Crippen LogP contribution in [0.25, 0.3) is 11.3 Å². The summed E-state index contributed by atoms with van der Waals surface area (Å²) in [6, 6.07) is 16.7. The Bertz CT molecular complexity index is 649. The molecule has 0 aliphatic carbocycles. The first-order valence-corrected chi connectivity index (χ1v) is 7.49. The topological polar surface area (TPSA) is 39.9 Å². The first-order chi connectivity index (χ1) is 10.3. The minimum atomic E-state index is 0.460. The molecule has 1 aromatic carbocycles. The second-order valence-electron chi connectivity index (χ2n) is 5.56. The van der Waals surface area contributed by atoms with Crippen molar-refractivity contribution in [1.82, 2.24) is 9.88 Å². The van der Waals surface area contributed by atoms with Gasteiger partial charge in [-0.2, -0.15) is 5.26 Å². The maximum Gasteiger partial charge on any atom is 0.141 e. The van der Waals surface area contributed by atoms with Crippen LogP contribution in [0.15, 0.2) is 42.5 Å². The molecule has 1 aliphatic heterocycles. The van der Waals surface area contributed by atoms with E-state index in [0.29, 0.717) is 11.7 Å². The first-order valence-electron chi connectivity index (χ1n) is 7.49. The van der Waals surface area contributed by atoms with Crippen LogP contribution in [0, 0.1) is 11.3 Å². The third-order valence-corrected chi connectivity index (χ3v) is 4.24. The van der Waals surface area contributed by atoms with E-state index in [9.17, 15) is 0 Å². The molecule has 1 aromatic heterocycles. The van der Waals surface area contributed by atoms with Gasteiger partial charge in [0.1, 0.15) is 11.8 Å². The predicted octanol–water partition coefficient (Wildman–Crippen LogP) is 3.78. The van der Waals surface area contributed by atoms with Gasteiger partial charge in [-0.1, -0.05) is 30.3 Å². The summed E-state index contributed by atoms with van der Waals surface area (Å²) in [4.78, 5) is 6.87. The van der Waals surface area contributed by atoms with Crippen LogP contribution >= 0.6 is 0 Å². The lowest BCUT2D eigenvalue weighted by Gasteiger charge is -2.24. The Hall–Kier alpha value is -2.18. The molecule has 21 heavy (non-hydrogen) atoms. The second-order valence-corrected chi connectivity index (χ2v) is 5.56. The van der Waals surface area contributed by atoms with Crippen LogP contribution in [-0.2, 0) is 0 Å². The zero-order chi connectivity index (χ0) is 14.7. The average Bonchev–Trinajstić information content (AvgIpc) is 3.09. The van der Waals surface area contributed by atoms with Crippen LogP contribution in [0.2, 0.25) is 0 Å². The molecule has 3 heteroatoms. The van der Waals surface area contributed by atoms with Gasteiger partial charge in [0.05, 0.1) is 5.69 Å². The van der Waals surface area contributed by atoms with Crippen molar-refractivity contribution in [2.24, 2.45) is 0 Å². The molecule has 0 spiro atoms. The summed E-state index contributed by atoms with van der Waals surface area (Å²) >= 11 is 0. The second kappa shape index (κ2) is 6.07.